The van der Waals surface area contributed by atoms with Gasteiger partial charge in [0.25, 0.3) is 5.91 Å². The van der Waals surface area contributed by atoms with Crippen LogP contribution in [0, 0.1) is 5.41 Å². The number of ether oxygens (including phenoxy) is 1. The van der Waals surface area contributed by atoms with Gasteiger partial charge in [-0.3, -0.25) is 13.8 Å². The third kappa shape index (κ3) is 5.89. The number of carbonyl (C=O) groups excluding carboxylic acids is 1. The minimum absolute atomic E-state index is 0.0724. The molecule has 38 heavy (non-hydrogen) atoms. The van der Waals surface area contributed by atoms with E-state index in [-0.39, 0.29) is 43.0 Å². The lowest BCUT2D eigenvalue weighted by atomic mass is 10.0. The fraction of sp³-hybridized carbons (Fsp3) is 0.400. The average Bonchev–Trinajstić information content (AvgIpc) is 3.42. The molecule has 1 saturated heterocycles. The lowest BCUT2D eigenvalue weighted by molar-refractivity contribution is -0.190. The van der Waals surface area contributed by atoms with E-state index >= 15 is 0 Å². The van der Waals surface area contributed by atoms with E-state index in [1.807, 2.05) is 34.6 Å². The highest BCUT2D eigenvalue weighted by molar-refractivity contribution is 8.02. The van der Waals surface area contributed by atoms with Crippen LogP contribution in [0.2, 0.25) is 0 Å². The Balaban J connectivity index is 1.33. The van der Waals surface area contributed by atoms with Crippen molar-refractivity contribution in [2.45, 2.75) is 54.3 Å². The fourth-order valence-electron chi connectivity index (χ4n) is 4.14. The molecule has 202 valence electrons. The van der Waals surface area contributed by atoms with Crippen LogP contribution < -0.4 is 13.8 Å². The summed E-state index contributed by atoms with van der Waals surface area (Å²) in [5.74, 6) is 0.818. The molecule has 0 spiro atoms. The molecular weight excluding hydrogens is 556 g/mol. The third-order valence-corrected chi connectivity index (χ3v) is 9.11. The van der Waals surface area contributed by atoms with Crippen molar-refractivity contribution in [1.82, 2.24) is 19.5 Å². The van der Waals surface area contributed by atoms with Crippen molar-refractivity contribution in [3.63, 3.8) is 0 Å². The van der Waals surface area contributed by atoms with Gasteiger partial charge in [0.1, 0.15) is 0 Å². The molecule has 2 aliphatic rings. The number of rotatable bonds is 9. The minimum Gasteiger partial charge on any atom is -0.477 e. The largest absolute Gasteiger partial charge is 0.477 e. The Labute approximate surface area is 232 Å². The normalized spacial score (nSPS) is 20.4. The third-order valence-electron chi connectivity index (χ3n) is 6.51. The van der Waals surface area contributed by atoms with Crippen molar-refractivity contribution in [1.29, 1.82) is 0 Å². The Morgan fingerprint density at radius 1 is 1.24 bits per heavy atom. The molecule has 1 aromatic carbocycles. The number of hydrogen-bond donors (Lipinski definition) is 2. The lowest BCUT2D eigenvalue weighted by Crippen LogP contribution is -2.26. The van der Waals surface area contributed by atoms with E-state index in [4.69, 9.17) is 22.3 Å². The summed E-state index contributed by atoms with van der Waals surface area (Å²) in [5.41, 5.74) is -1.22. The van der Waals surface area contributed by atoms with Gasteiger partial charge in [-0.15, -0.1) is 5.10 Å². The van der Waals surface area contributed by atoms with Gasteiger partial charge in [-0.2, -0.15) is 25.8 Å². The van der Waals surface area contributed by atoms with Gasteiger partial charge in [-0.25, -0.2) is 9.67 Å². The van der Waals surface area contributed by atoms with Crippen LogP contribution in [0.25, 0.3) is 5.82 Å². The van der Waals surface area contributed by atoms with Gasteiger partial charge in [0.15, 0.2) is 11.6 Å². The number of nitrogens with zero attached hydrogens (tertiary/aromatic N) is 4. The summed E-state index contributed by atoms with van der Waals surface area (Å²) in [6.07, 6.45) is -1.57. The molecule has 5 rings (SSSR count). The van der Waals surface area contributed by atoms with Crippen LogP contribution in [0.3, 0.4) is 0 Å². The summed E-state index contributed by atoms with van der Waals surface area (Å²) in [6.45, 7) is 2.02. The van der Waals surface area contributed by atoms with Gasteiger partial charge in [0, 0.05) is 22.4 Å². The van der Waals surface area contributed by atoms with E-state index in [0.29, 0.717) is 22.4 Å². The number of hydrogen-bond acceptors (Lipinski definition) is 8. The van der Waals surface area contributed by atoms with Crippen molar-refractivity contribution in [3.8, 4) is 11.7 Å². The number of nitrogens with one attached hydrogen (secondary N) is 1. The van der Waals surface area contributed by atoms with Gasteiger partial charge in [-0.05, 0) is 73.8 Å². The van der Waals surface area contributed by atoms with Crippen molar-refractivity contribution < 1.29 is 22.7 Å². The molecule has 0 bridgehead atoms. The number of aromatic nitrogens is 3. The summed E-state index contributed by atoms with van der Waals surface area (Å²) in [7, 11) is 0. The molecule has 2 atom stereocenters. The van der Waals surface area contributed by atoms with E-state index in [1.54, 1.807) is 36.3 Å². The molecule has 2 fully saturated rings. The van der Waals surface area contributed by atoms with Crippen molar-refractivity contribution in [2.75, 3.05) is 10.9 Å². The maximum absolute atomic E-state index is 13.2. The molecule has 3 heterocycles. The van der Waals surface area contributed by atoms with E-state index in [0.717, 1.165) is 11.3 Å². The Morgan fingerprint density at radius 3 is 2.66 bits per heavy atom. The molecule has 1 aliphatic carbocycles. The topological polar surface area (TPSA) is 72.3 Å². The van der Waals surface area contributed by atoms with Crippen LogP contribution in [0.1, 0.15) is 43.0 Å². The second kappa shape index (κ2) is 10.9. The zero-order valence-electron chi connectivity index (χ0n) is 20.4. The monoisotopic (exact) mass is 581 g/mol. The number of alkyl halides is 3. The quantitative estimate of drug-likeness (QED) is 0.226. The molecule has 2 unspecified atom stereocenters. The van der Waals surface area contributed by atoms with Crippen LogP contribution >= 0.6 is 36.5 Å². The molecule has 3 aromatic rings. The molecular formula is C25H26F3N5O2S3. The van der Waals surface area contributed by atoms with E-state index < -0.39 is 11.6 Å². The van der Waals surface area contributed by atoms with Gasteiger partial charge in [0.05, 0.1) is 23.0 Å². The Hall–Kier alpha value is -2.51. The summed E-state index contributed by atoms with van der Waals surface area (Å²) in [6, 6.07) is 14.4. The first-order chi connectivity index (χ1) is 18.1. The van der Waals surface area contributed by atoms with Crippen molar-refractivity contribution >= 4 is 48.2 Å². The number of halogens is 3. The van der Waals surface area contributed by atoms with E-state index in [2.05, 4.69) is 16.7 Å². The number of pyridine rings is 1. The number of anilines is 1. The molecule has 1 saturated carbocycles. The standard InChI is InChI=1S/C25H26F3N5O2S3/c1-16-15-21(36)33(38-16)22-18(23(34)31-37-17-5-3-2-4-6-17)7-8-19(29-22)32-13-9-20(30-32)35-14-12-24(10-11-24)25(26,27)28/h2-9,13,16,21,36H,10-12,14-15H2,1H3,(H,31,34). The minimum atomic E-state index is -4.21. The molecule has 13 heteroatoms. The van der Waals surface area contributed by atoms with E-state index in [9.17, 15) is 18.0 Å². The molecule has 1 amide bonds. The highest BCUT2D eigenvalue weighted by atomic mass is 32.2. The molecule has 1 N–H and O–H groups in total. The average molecular weight is 582 g/mol. The molecule has 1 aliphatic heterocycles. The molecule has 7 nitrogen and oxygen atoms in total. The molecule has 2 aromatic heterocycles. The van der Waals surface area contributed by atoms with Gasteiger partial charge >= 0.3 is 6.18 Å². The summed E-state index contributed by atoms with van der Waals surface area (Å²) in [4.78, 5) is 18.8. The zero-order chi connectivity index (χ0) is 26.9. The predicted octanol–water partition coefficient (Wildman–Crippen LogP) is 6.32. The first-order valence-electron chi connectivity index (χ1n) is 12.1. The van der Waals surface area contributed by atoms with Crippen LogP contribution in [-0.4, -0.2) is 44.1 Å². The molecule has 0 radical (unpaired) electrons. The van der Waals surface area contributed by atoms with Crippen molar-refractivity contribution in [3.05, 3.63) is 60.3 Å². The van der Waals surface area contributed by atoms with Crippen molar-refractivity contribution in [2.24, 2.45) is 5.41 Å². The van der Waals surface area contributed by atoms with Crippen LogP contribution in [0.5, 0.6) is 5.88 Å². The second-order valence-electron chi connectivity index (χ2n) is 9.32. The SMILES string of the molecule is CC1CC(S)N(c2nc(-n3ccc(OCCC4(C(F)(F)F)CC4)n3)ccc2C(=O)NSc2ccccc2)S1. The zero-order valence-corrected chi connectivity index (χ0v) is 22.9. The highest BCUT2D eigenvalue weighted by Gasteiger charge is 2.62. The van der Waals surface area contributed by atoms with Crippen LogP contribution in [0.4, 0.5) is 19.0 Å². The van der Waals surface area contributed by atoms with E-state index in [1.165, 1.54) is 16.6 Å². The summed E-state index contributed by atoms with van der Waals surface area (Å²) < 4.78 is 51.3. The first-order valence-corrected chi connectivity index (χ1v) is 14.3. The Kier molecular flexibility index (Phi) is 7.79. The van der Waals surface area contributed by atoms with Gasteiger partial charge < -0.3 is 4.74 Å². The summed E-state index contributed by atoms with van der Waals surface area (Å²) >= 11 is 7.48. The maximum atomic E-state index is 13.2. The van der Waals surface area contributed by atoms with Crippen LogP contribution in [0.15, 0.2) is 59.6 Å². The maximum Gasteiger partial charge on any atom is 0.394 e. The Bertz CT molecular complexity index is 1290. The lowest BCUT2D eigenvalue weighted by Gasteiger charge is -2.23. The Morgan fingerprint density at radius 2 is 2.00 bits per heavy atom. The second-order valence-corrected chi connectivity index (χ2v) is 12.2. The predicted molar refractivity (Wildman–Crippen MR) is 146 cm³/mol. The van der Waals surface area contributed by atoms with Gasteiger partial charge in [-0.1, -0.05) is 25.1 Å². The number of amides is 1. The fourth-order valence-corrected chi connectivity index (χ4v) is 6.61. The number of benzene rings is 1. The smallest absolute Gasteiger partial charge is 0.394 e. The highest BCUT2D eigenvalue weighted by Crippen LogP contribution is 2.59. The summed E-state index contributed by atoms with van der Waals surface area (Å²) in [5, 5.41) is 4.50. The van der Waals surface area contributed by atoms with Gasteiger partial charge in [0.2, 0.25) is 5.88 Å². The number of thiol groups is 1. The first kappa shape index (κ1) is 27.1. The number of carbonyl (C=O) groups is 1. The van der Waals surface area contributed by atoms with Crippen LogP contribution in [-0.2, 0) is 0 Å².